The Morgan fingerprint density at radius 3 is 2.00 bits per heavy atom. The average molecular weight is 287 g/mol. The van der Waals surface area contributed by atoms with Gasteiger partial charge in [-0.05, 0) is 12.0 Å². The maximum Gasteiger partial charge on any atom is 0.483 e. The average Bonchev–Trinajstić information content (AvgIpc) is 2.42. The Labute approximate surface area is 115 Å². The lowest BCUT2D eigenvalue weighted by Gasteiger charge is -2.05. The summed E-state index contributed by atoms with van der Waals surface area (Å²) in [7, 11) is 3.05. The van der Waals surface area contributed by atoms with Gasteiger partial charge in [-0.15, -0.1) is 0 Å². The van der Waals surface area contributed by atoms with E-state index in [-0.39, 0.29) is 0 Å². The molecule has 0 spiro atoms. The van der Waals surface area contributed by atoms with Crippen LogP contribution in [0.2, 0.25) is 0 Å². The van der Waals surface area contributed by atoms with Gasteiger partial charge in [-0.1, -0.05) is 30.3 Å². The molecule has 6 nitrogen and oxygen atoms in total. The Hall–Kier alpha value is -1.25. The summed E-state index contributed by atoms with van der Waals surface area (Å²) >= 11 is 0. The third-order valence-corrected chi connectivity index (χ3v) is 3.35. The van der Waals surface area contributed by atoms with Crippen molar-refractivity contribution in [3.63, 3.8) is 0 Å². The van der Waals surface area contributed by atoms with Crippen molar-refractivity contribution in [2.24, 2.45) is 5.73 Å². The van der Waals surface area contributed by atoms with Crippen molar-refractivity contribution in [1.82, 2.24) is 0 Å². The van der Waals surface area contributed by atoms with Crippen LogP contribution in [0.5, 0.6) is 0 Å². The summed E-state index contributed by atoms with van der Waals surface area (Å²) in [5, 5.41) is 8.52. The molecule has 0 saturated heterocycles. The molecule has 0 aliphatic heterocycles. The molecule has 1 aromatic carbocycles. The molecular weight excluding hydrogens is 266 g/mol. The van der Waals surface area contributed by atoms with E-state index in [9.17, 15) is 4.79 Å². The van der Waals surface area contributed by atoms with Gasteiger partial charge in [0.25, 0.3) is 0 Å². The van der Waals surface area contributed by atoms with Crippen molar-refractivity contribution in [3.05, 3.63) is 35.9 Å². The third-order valence-electron chi connectivity index (χ3n) is 2.19. The minimum Gasteiger partial charge on any atom is -0.480 e. The molecule has 0 radical (unpaired) electrons. The van der Waals surface area contributed by atoms with Crippen molar-refractivity contribution in [1.29, 1.82) is 0 Å². The van der Waals surface area contributed by atoms with Crippen molar-refractivity contribution >= 4 is 15.5 Å². The lowest BCUT2D eigenvalue weighted by Crippen LogP contribution is -2.32. The summed E-state index contributed by atoms with van der Waals surface area (Å²) in [4.78, 5) is 10.4. The predicted molar refractivity (Wildman–Crippen MR) is 73.9 cm³/mol. The lowest BCUT2D eigenvalue weighted by molar-refractivity contribution is -0.138. The van der Waals surface area contributed by atoms with Crippen LogP contribution in [0.25, 0.3) is 0 Å². The Balaban J connectivity index is 0.000000399. The second kappa shape index (κ2) is 10.6. The fourth-order valence-electron chi connectivity index (χ4n) is 1.24. The standard InChI is InChI=1S/C9H11NO2.C3H10O3Si/c10-8(9(11)12)6-7-4-2-1-3-5-7;1-4-7(5-2)6-3/h1-5,8H,6,10H2,(H,11,12);7H,1-3H3/t8-;/m0./s1. The van der Waals surface area contributed by atoms with E-state index in [1.807, 2.05) is 30.3 Å². The van der Waals surface area contributed by atoms with Crippen LogP contribution in [0.15, 0.2) is 30.3 Å². The molecule has 108 valence electrons. The summed E-state index contributed by atoms with van der Waals surface area (Å²) in [5.74, 6) is -0.959. The quantitative estimate of drug-likeness (QED) is 0.731. The van der Waals surface area contributed by atoms with Gasteiger partial charge in [0.05, 0.1) is 0 Å². The zero-order valence-corrected chi connectivity index (χ0v) is 12.6. The Morgan fingerprint density at radius 2 is 1.68 bits per heavy atom. The van der Waals surface area contributed by atoms with Crippen LogP contribution in [0.3, 0.4) is 0 Å². The number of aliphatic carboxylic acids is 1. The van der Waals surface area contributed by atoms with Gasteiger partial charge in [0.15, 0.2) is 0 Å². The van der Waals surface area contributed by atoms with E-state index in [0.717, 1.165) is 5.56 Å². The summed E-state index contributed by atoms with van der Waals surface area (Å²) in [6.45, 7) is 0. The minimum absolute atomic E-state index is 0.385. The molecule has 0 fully saturated rings. The van der Waals surface area contributed by atoms with E-state index >= 15 is 0 Å². The molecule has 1 rings (SSSR count). The van der Waals surface area contributed by atoms with Crippen LogP contribution >= 0.6 is 0 Å². The molecule has 0 bridgehead atoms. The smallest absolute Gasteiger partial charge is 0.480 e. The highest BCUT2D eigenvalue weighted by Crippen LogP contribution is 2.01. The van der Waals surface area contributed by atoms with Gasteiger partial charge in [-0.2, -0.15) is 0 Å². The number of carbonyl (C=O) groups is 1. The monoisotopic (exact) mass is 287 g/mol. The summed E-state index contributed by atoms with van der Waals surface area (Å²) < 4.78 is 14.2. The van der Waals surface area contributed by atoms with Gasteiger partial charge in [0, 0.05) is 21.3 Å². The van der Waals surface area contributed by atoms with E-state index in [0.29, 0.717) is 6.42 Å². The van der Waals surface area contributed by atoms with Crippen molar-refractivity contribution in [2.45, 2.75) is 12.5 Å². The molecule has 7 heteroatoms. The Kier molecular flexibility index (Phi) is 9.95. The molecule has 3 N–H and O–H groups in total. The highest BCUT2D eigenvalue weighted by Gasteiger charge is 2.10. The number of carboxylic acids is 1. The molecule has 1 atom stereocenters. The van der Waals surface area contributed by atoms with E-state index in [2.05, 4.69) is 0 Å². The molecule has 0 aliphatic rings. The number of hydrogen-bond acceptors (Lipinski definition) is 5. The molecule has 0 aliphatic carbocycles. The maximum atomic E-state index is 10.4. The Bertz CT molecular complexity index is 340. The van der Waals surface area contributed by atoms with Gasteiger partial charge in [-0.3, -0.25) is 4.79 Å². The van der Waals surface area contributed by atoms with Crippen molar-refractivity contribution < 1.29 is 23.2 Å². The van der Waals surface area contributed by atoms with Crippen LogP contribution in [-0.2, 0) is 24.5 Å². The van der Waals surface area contributed by atoms with Gasteiger partial charge in [-0.25, -0.2) is 0 Å². The second-order valence-electron chi connectivity index (χ2n) is 3.63. The fraction of sp³-hybridized carbons (Fsp3) is 0.417. The molecule has 19 heavy (non-hydrogen) atoms. The van der Waals surface area contributed by atoms with Gasteiger partial charge in [0.1, 0.15) is 6.04 Å². The number of rotatable bonds is 6. The fourth-order valence-corrected chi connectivity index (χ4v) is 1.82. The molecule has 0 saturated carbocycles. The summed E-state index contributed by atoms with van der Waals surface area (Å²) in [6.07, 6.45) is 0.385. The predicted octanol–water partition coefficient (Wildman–Crippen LogP) is 0.284. The van der Waals surface area contributed by atoms with Gasteiger partial charge >= 0.3 is 15.5 Å². The van der Waals surface area contributed by atoms with Crippen LogP contribution in [0, 0.1) is 0 Å². The van der Waals surface area contributed by atoms with Crippen LogP contribution in [-0.4, -0.2) is 48.0 Å². The zero-order chi connectivity index (χ0) is 14.7. The lowest BCUT2D eigenvalue weighted by atomic mass is 10.1. The normalized spacial score (nSPS) is 11.6. The van der Waals surface area contributed by atoms with Gasteiger partial charge < -0.3 is 24.1 Å². The number of carboxylic acid groups (broad SMARTS) is 1. The summed E-state index contributed by atoms with van der Waals surface area (Å²) in [6, 6.07) is 8.54. The molecule has 0 unspecified atom stereocenters. The van der Waals surface area contributed by atoms with Crippen LogP contribution in [0.1, 0.15) is 5.56 Å². The van der Waals surface area contributed by atoms with E-state index < -0.39 is 21.5 Å². The van der Waals surface area contributed by atoms with Gasteiger partial charge in [0.2, 0.25) is 0 Å². The molecule has 1 aromatic rings. The van der Waals surface area contributed by atoms with Crippen LogP contribution < -0.4 is 5.73 Å². The molecular formula is C12H21NO5Si. The molecule has 0 heterocycles. The third kappa shape index (κ3) is 8.46. The summed E-state index contributed by atoms with van der Waals surface area (Å²) in [5.41, 5.74) is 6.30. The number of hydrogen-bond donors (Lipinski definition) is 2. The van der Waals surface area contributed by atoms with Crippen molar-refractivity contribution in [3.8, 4) is 0 Å². The SMILES string of the molecule is CO[SiH](OC)OC.N[C@@H](Cc1ccccc1)C(=O)O. The molecule has 0 aromatic heterocycles. The van der Waals surface area contributed by atoms with E-state index in [4.69, 9.17) is 24.1 Å². The zero-order valence-electron chi connectivity index (χ0n) is 11.4. The van der Waals surface area contributed by atoms with Crippen LogP contribution in [0.4, 0.5) is 0 Å². The Morgan fingerprint density at radius 1 is 1.21 bits per heavy atom. The first-order chi connectivity index (χ1) is 9.04. The topological polar surface area (TPSA) is 91.0 Å². The van der Waals surface area contributed by atoms with E-state index in [1.165, 1.54) is 0 Å². The maximum absolute atomic E-state index is 10.4. The first-order valence-corrected chi connectivity index (χ1v) is 7.07. The molecule has 0 amide bonds. The van der Waals surface area contributed by atoms with Crippen molar-refractivity contribution in [2.75, 3.05) is 21.3 Å². The number of benzene rings is 1. The number of nitrogens with two attached hydrogens (primary N) is 1. The minimum atomic E-state index is -1.67. The second-order valence-corrected chi connectivity index (χ2v) is 5.62. The highest BCUT2D eigenvalue weighted by atomic mass is 28.3. The largest absolute Gasteiger partial charge is 0.483 e. The highest BCUT2D eigenvalue weighted by molar-refractivity contribution is 6.36. The first kappa shape index (κ1) is 17.7. The first-order valence-electron chi connectivity index (χ1n) is 5.65. The van der Waals surface area contributed by atoms with E-state index in [1.54, 1.807) is 21.3 Å².